The van der Waals surface area contributed by atoms with Crippen molar-refractivity contribution < 1.29 is 9.13 Å². The lowest BCUT2D eigenvalue weighted by atomic mass is 10.0. The number of anilines is 1. The normalized spacial score (nSPS) is 16.5. The number of pyridine rings is 1. The number of benzene rings is 1. The Kier molecular flexibility index (Phi) is 4.99. The second kappa shape index (κ2) is 7.75. The van der Waals surface area contributed by atoms with E-state index in [-0.39, 0.29) is 18.2 Å². The Hall–Kier alpha value is -3.68. The molecule has 8 heteroatoms. The first kappa shape index (κ1) is 18.7. The molecule has 3 heterocycles. The van der Waals surface area contributed by atoms with Crippen molar-refractivity contribution in [1.82, 2.24) is 14.5 Å². The minimum absolute atomic E-state index is 0.120. The van der Waals surface area contributed by atoms with Crippen LogP contribution in [-0.2, 0) is 13.2 Å². The molecule has 0 atom stereocenters. The number of aliphatic imine (C=N–C) groups is 1. The van der Waals surface area contributed by atoms with Gasteiger partial charge in [-0.05, 0) is 31.2 Å². The first-order valence-electron chi connectivity index (χ1n) is 9.25. The Bertz CT molecular complexity index is 1120. The molecular weight excluding hydrogens is 371 g/mol. The smallest absolute Gasteiger partial charge is 0.166 e. The molecule has 0 unspecified atom stereocenters. The van der Waals surface area contributed by atoms with Gasteiger partial charge < -0.3 is 20.8 Å². The summed E-state index contributed by atoms with van der Waals surface area (Å²) >= 11 is 0. The number of nitrogens with zero attached hydrogens (tertiary/aromatic N) is 4. The monoisotopic (exact) mass is 392 g/mol. The molecule has 1 aliphatic rings. The Morgan fingerprint density at radius 1 is 1.31 bits per heavy atom. The highest BCUT2D eigenvalue weighted by Gasteiger charge is 2.19. The molecule has 4 rings (SSSR count). The zero-order valence-corrected chi connectivity index (χ0v) is 16.0. The molecule has 148 valence electrons. The molecule has 0 amide bonds. The van der Waals surface area contributed by atoms with Crippen molar-refractivity contribution >= 4 is 11.5 Å². The van der Waals surface area contributed by atoms with Crippen molar-refractivity contribution in [1.29, 1.82) is 0 Å². The molecule has 1 aliphatic heterocycles. The summed E-state index contributed by atoms with van der Waals surface area (Å²) in [6.07, 6.45) is 6.74. The van der Waals surface area contributed by atoms with Crippen LogP contribution < -0.4 is 16.2 Å². The van der Waals surface area contributed by atoms with E-state index in [4.69, 9.17) is 16.2 Å². The number of aromatic nitrogens is 3. The highest BCUT2D eigenvalue weighted by atomic mass is 19.1. The maximum absolute atomic E-state index is 13.9. The lowest BCUT2D eigenvalue weighted by Gasteiger charge is -2.18. The van der Waals surface area contributed by atoms with Gasteiger partial charge in [-0.1, -0.05) is 0 Å². The molecular formula is C21H21FN6O. The van der Waals surface area contributed by atoms with Gasteiger partial charge >= 0.3 is 0 Å². The molecule has 0 aliphatic carbocycles. The number of nitrogen functional groups attached to an aromatic ring is 1. The third-order valence-electron chi connectivity index (χ3n) is 4.72. The van der Waals surface area contributed by atoms with Crippen molar-refractivity contribution in [2.24, 2.45) is 10.7 Å². The van der Waals surface area contributed by atoms with Gasteiger partial charge in [0.25, 0.3) is 0 Å². The van der Waals surface area contributed by atoms with Gasteiger partial charge in [-0.15, -0.1) is 0 Å². The zero-order chi connectivity index (χ0) is 20.4. The van der Waals surface area contributed by atoms with Crippen LogP contribution in [0.25, 0.3) is 11.4 Å². The van der Waals surface area contributed by atoms with Gasteiger partial charge in [0.05, 0.1) is 12.3 Å². The van der Waals surface area contributed by atoms with Crippen molar-refractivity contribution in [2.75, 3.05) is 12.3 Å². The van der Waals surface area contributed by atoms with Crippen LogP contribution in [0, 0.1) is 5.82 Å². The van der Waals surface area contributed by atoms with E-state index in [1.54, 1.807) is 24.5 Å². The van der Waals surface area contributed by atoms with Gasteiger partial charge in [0.15, 0.2) is 11.6 Å². The average Bonchev–Trinajstić information content (AvgIpc) is 3.17. The molecule has 2 bridgehead atoms. The lowest BCUT2D eigenvalue weighted by molar-refractivity contribution is 0.306. The largest absolute Gasteiger partial charge is 0.485 e. The van der Waals surface area contributed by atoms with Gasteiger partial charge in [-0.2, -0.15) is 0 Å². The van der Waals surface area contributed by atoms with E-state index < -0.39 is 0 Å². The molecule has 0 spiro atoms. The third kappa shape index (κ3) is 3.56. The maximum atomic E-state index is 13.9. The van der Waals surface area contributed by atoms with Crippen LogP contribution in [0.1, 0.15) is 18.1 Å². The topological polar surface area (TPSA) is 104 Å². The number of hydrogen-bond donors (Lipinski definition) is 2. The van der Waals surface area contributed by atoms with Gasteiger partial charge in [0.2, 0.25) is 0 Å². The van der Waals surface area contributed by atoms with E-state index in [0.29, 0.717) is 35.9 Å². The Balaban J connectivity index is 1.94. The number of imidazole rings is 1. The van der Waals surface area contributed by atoms with Crippen molar-refractivity contribution in [3.8, 4) is 17.1 Å². The van der Waals surface area contributed by atoms with Crippen molar-refractivity contribution in [3.63, 3.8) is 0 Å². The van der Waals surface area contributed by atoms with Crippen molar-refractivity contribution in [3.05, 3.63) is 71.6 Å². The molecule has 7 nitrogen and oxygen atoms in total. The van der Waals surface area contributed by atoms with E-state index in [2.05, 4.69) is 15.0 Å². The summed E-state index contributed by atoms with van der Waals surface area (Å²) in [6.45, 7) is 3.09. The van der Waals surface area contributed by atoms with E-state index in [1.807, 2.05) is 17.7 Å². The fourth-order valence-corrected chi connectivity index (χ4v) is 3.36. The van der Waals surface area contributed by atoms with Gasteiger partial charge in [0.1, 0.15) is 18.2 Å². The fraction of sp³-hybridized carbons (Fsp3) is 0.190. The molecule has 0 fully saturated rings. The van der Waals surface area contributed by atoms with Crippen LogP contribution in [0.4, 0.5) is 10.2 Å². The molecule has 29 heavy (non-hydrogen) atoms. The summed E-state index contributed by atoms with van der Waals surface area (Å²) in [5.74, 6) is 0.993. The summed E-state index contributed by atoms with van der Waals surface area (Å²) in [5, 5.41) is 0. The Labute approximate surface area is 167 Å². The lowest BCUT2D eigenvalue weighted by Crippen LogP contribution is -2.16. The van der Waals surface area contributed by atoms with E-state index in [0.717, 1.165) is 16.7 Å². The molecule has 0 radical (unpaired) electrons. The van der Waals surface area contributed by atoms with Crippen LogP contribution in [-0.4, -0.2) is 26.8 Å². The predicted octanol–water partition coefficient (Wildman–Crippen LogP) is 2.91. The number of fused-ring (bicyclic) bond motifs is 5. The highest BCUT2D eigenvalue weighted by molar-refractivity contribution is 6.12. The van der Waals surface area contributed by atoms with E-state index in [1.165, 1.54) is 18.3 Å². The SMILES string of the molecule is CCN=C1C(=CN)Cn2ccnc2-c2ccc(F)cc2COc2cc1cnc2N. The van der Waals surface area contributed by atoms with Gasteiger partial charge in [-0.25, -0.2) is 14.4 Å². The number of rotatable bonds is 1. The maximum Gasteiger partial charge on any atom is 0.166 e. The number of nitrogens with two attached hydrogens (primary N) is 2. The summed E-state index contributed by atoms with van der Waals surface area (Å²) in [5.41, 5.74) is 15.7. The molecule has 0 saturated carbocycles. The standard InChI is InChI=1S/C21H21FN6O/c1-2-25-19-13-8-18(20(24)27-10-13)29-12-14-7-16(22)3-4-17(14)21-26-5-6-28(21)11-15(19)9-23/h3-10H,2,11-12,23H2,1H3,(H2,24,27). The second-order valence-corrected chi connectivity index (χ2v) is 6.59. The summed E-state index contributed by atoms with van der Waals surface area (Å²) in [4.78, 5) is 13.4. The first-order valence-corrected chi connectivity index (χ1v) is 9.25. The number of allylic oxidation sites excluding steroid dienone is 1. The molecule has 2 aromatic heterocycles. The summed E-state index contributed by atoms with van der Waals surface area (Å²) in [7, 11) is 0. The number of halogens is 1. The van der Waals surface area contributed by atoms with Crippen LogP contribution in [0.15, 0.2) is 59.6 Å². The minimum atomic E-state index is -0.350. The Morgan fingerprint density at radius 3 is 2.97 bits per heavy atom. The molecule has 1 aromatic carbocycles. The predicted molar refractivity (Wildman–Crippen MR) is 110 cm³/mol. The van der Waals surface area contributed by atoms with E-state index in [9.17, 15) is 4.39 Å². The van der Waals surface area contributed by atoms with Gasteiger partial charge in [0, 0.05) is 53.6 Å². The molecule has 4 N–H and O–H groups in total. The van der Waals surface area contributed by atoms with Crippen molar-refractivity contribution in [2.45, 2.75) is 20.1 Å². The van der Waals surface area contributed by atoms with Crippen LogP contribution in [0.5, 0.6) is 5.75 Å². The molecule has 0 saturated heterocycles. The van der Waals surface area contributed by atoms with Gasteiger partial charge in [-0.3, -0.25) is 4.99 Å². The third-order valence-corrected chi connectivity index (χ3v) is 4.72. The zero-order valence-electron chi connectivity index (χ0n) is 16.0. The first-order chi connectivity index (χ1) is 14.1. The van der Waals surface area contributed by atoms with Crippen LogP contribution >= 0.6 is 0 Å². The fourth-order valence-electron chi connectivity index (χ4n) is 3.36. The second-order valence-electron chi connectivity index (χ2n) is 6.59. The minimum Gasteiger partial charge on any atom is -0.485 e. The number of hydrogen-bond acceptors (Lipinski definition) is 6. The Morgan fingerprint density at radius 2 is 2.17 bits per heavy atom. The number of ether oxygens (including phenoxy) is 1. The highest BCUT2D eigenvalue weighted by Crippen LogP contribution is 2.29. The van der Waals surface area contributed by atoms with E-state index >= 15 is 0 Å². The quantitative estimate of drug-likeness (QED) is 0.663. The summed E-state index contributed by atoms with van der Waals surface area (Å²) < 4.78 is 21.8. The van der Waals surface area contributed by atoms with Crippen LogP contribution in [0.3, 0.4) is 0 Å². The average molecular weight is 392 g/mol. The summed E-state index contributed by atoms with van der Waals surface area (Å²) in [6, 6.07) is 6.33. The van der Waals surface area contributed by atoms with Crippen LogP contribution in [0.2, 0.25) is 0 Å². The molecule has 3 aromatic rings.